The van der Waals surface area contributed by atoms with Gasteiger partial charge >= 0.3 is 6.18 Å². The van der Waals surface area contributed by atoms with Crippen LogP contribution in [0.2, 0.25) is 0 Å². The summed E-state index contributed by atoms with van der Waals surface area (Å²) in [6.45, 7) is 3.76. The summed E-state index contributed by atoms with van der Waals surface area (Å²) in [6.07, 6.45) is -3.00. The van der Waals surface area contributed by atoms with Gasteiger partial charge in [-0.2, -0.15) is 13.2 Å². The summed E-state index contributed by atoms with van der Waals surface area (Å²) in [7, 11) is 0. The highest BCUT2D eigenvalue weighted by Crippen LogP contribution is 2.25. The van der Waals surface area contributed by atoms with Gasteiger partial charge in [-0.3, -0.25) is 5.10 Å². The summed E-state index contributed by atoms with van der Waals surface area (Å²) in [5.41, 5.74) is 5.41. The molecule has 0 fully saturated rings. The van der Waals surface area contributed by atoms with Crippen molar-refractivity contribution in [3.63, 3.8) is 0 Å². The van der Waals surface area contributed by atoms with Crippen LogP contribution < -0.4 is 11.1 Å². The second kappa shape index (κ2) is 7.18. The SMILES string of the molecule is C=CCNC(N)=NCc1nc(C(F)(F)F)n[nH]1.I. The molecule has 1 aromatic rings. The Hall–Kier alpha value is -1.33. The van der Waals surface area contributed by atoms with Gasteiger partial charge in [0.25, 0.3) is 5.82 Å². The molecule has 0 unspecified atom stereocenters. The molecule has 0 radical (unpaired) electrons. The smallest absolute Gasteiger partial charge is 0.370 e. The topological polar surface area (TPSA) is 92.0 Å². The fraction of sp³-hybridized carbons (Fsp3) is 0.375. The summed E-state index contributed by atoms with van der Waals surface area (Å²) < 4.78 is 36.4. The summed E-state index contributed by atoms with van der Waals surface area (Å²) in [5.74, 6) is -1.14. The van der Waals surface area contributed by atoms with E-state index in [1.165, 1.54) is 0 Å². The summed E-state index contributed by atoms with van der Waals surface area (Å²) in [5, 5.41) is 7.82. The van der Waals surface area contributed by atoms with Gasteiger partial charge in [0.15, 0.2) is 5.96 Å². The third kappa shape index (κ3) is 5.33. The van der Waals surface area contributed by atoms with Crippen LogP contribution >= 0.6 is 24.0 Å². The molecule has 18 heavy (non-hydrogen) atoms. The molecule has 0 aliphatic rings. The average molecular weight is 376 g/mol. The van der Waals surface area contributed by atoms with Gasteiger partial charge in [-0.15, -0.1) is 35.7 Å². The normalized spacial score (nSPS) is 11.8. The second-order valence-electron chi connectivity index (χ2n) is 2.97. The van der Waals surface area contributed by atoms with Crippen LogP contribution in [0.25, 0.3) is 0 Å². The number of rotatable bonds is 4. The number of aliphatic imine (C=N–C) groups is 1. The van der Waals surface area contributed by atoms with Crippen LogP contribution in [0.4, 0.5) is 13.2 Å². The number of guanidine groups is 1. The highest BCUT2D eigenvalue weighted by Gasteiger charge is 2.35. The zero-order valence-corrected chi connectivity index (χ0v) is 11.5. The number of hydrogen-bond donors (Lipinski definition) is 3. The van der Waals surface area contributed by atoms with Crippen LogP contribution in [0.5, 0.6) is 0 Å². The van der Waals surface area contributed by atoms with E-state index in [1.54, 1.807) is 6.08 Å². The molecule has 0 aromatic carbocycles. The van der Waals surface area contributed by atoms with Crippen molar-refractivity contribution in [2.75, 3.05) is 6.54 Å². The molecule has 1 rings (SSSR count). The lowest BCUT2D eigenvalue weighted by Gasteiger charge is -2.00. The van der Waals surface area contributed by atoms with Gasteiger partial charge in [-0.1, -0.05) is 6.08 Å². The largest absolute Gasteiger partial charge is 0.453 e. The van der Waals surface area contributed by atoms with Crippen molar-refractivity contribution in [2.45, 2.75) is 12.7 Å². The lowest BCUT2D eigenvalue weighted by Crippen LogP contribution is -2.31. The Morgan fingerprint density at radius 3 is 2.72 bits per heavy atom. The Kier molecular flexibility index (Phi) is 6.65. The first-order valence-electron chi connectivity index (χ1n) is 4.56. The highest BCUT2D eigenvalue weighted by atomic mass is 127. The summed E-state index contributed by atoms with van der Waals surface area (Å²) >= 11 is 0. The first-order chi connectivity index (χ1) is 7.93. The van der Waals surface area contributed by atoms with Crippen molar-refractivity contribution in [3.05, 3.63) is 24.3 Å². The van der Waals surface area contributed by atoms with Crippen molar-refractivity contribution in [2.24, 2.45) is 10.7 Å². The van der Waals surface area contributed by atoms with E-state index in [0.29, 0.717) is 6.54 Å². The zero-order chi connectivity index (χ0) is 12.9. The number of halogens is 4. The predicted molar refractivity (Wildman–Crippen MR) is 70.3 cm³/mol. The number of nitrogens with one attached hydrogen (secondary N) is 2. The monoisotopic (exact) mass is 376 g/mol. The number of hydrogen-bond acceptors (Lipinski definition) is 3. The molecule has 0 aliphatic carbocycles. The lowest BCUT2D eigenvalue weighted by atomic mass is 10.6. The van der Waals surface area contributed by atoms with Gasteiger partial charge < -0.3 is 11.1 Å². The fourth-order valence-corrected chi connectivity index (χ4v) is 0.885. The molecule has 0 atom stereocenters. The number of aromatic amines is 1. The number of alkyl halides is 3. The van der Waals surface area contributed by atoms with Crippen molar-refractivity contribution in [1.82, 2.24) is 20.5 Å². The number of H-pyrrole nitrogens is 1. The Morgan fingerprint density at radius 1 is 1.56 bits per heavy atom. The van der Waals surface area contributed by atoms with Crippen molar-refractivity contribution in [1.29, 1.82) is 0 Å². The molecule has 1 aromatic heterocycles. The number of nitrogens with zero attached hydrogens (tertiary/aromatic N) is 3. The van der Waals surface area contributed by atoms with Crippen molar-refractivity contribution in [3.8, 4) is 0 Å². The molecule has 0 aliphatic heterocycles. The van der Waals surface area contributed by atoms with Crippen molar-refractivity contribution < 1.29 is 13.2 Å². The van der Waals surface area contributed by atoms with Crippen LogP contribution in [0.15, 0.2) is 17.6 Å². The summed E-state index contributed by atoms with van der Waals surface area (Å²) in [4.78, 5) is 6.99. The van der Waals surface area contributed by atoms with Crippen molar-refractivity contribution >= 4 is 29.9 Å². The molecule has 0 saturated heterocycles. The zero-order valence-electron chi connectivity index (χ0n) is 9.16. The van der Waals surface area contributed by atoms with E-state index in [1.807, 2.05) is 0 Å². The molecule has 0 spiro atoms. The van der Waals surface area contributed by atoms with Gasteiger partial charge in [0.05, 0.1) is 0 Å². The predicted octanol–water partition coefficient (Wildman–Crippen LogP) is 1.03. The van der Waals surface area contributed by atoms with Crippen LogP contribution in [0, 0.1) is 0 Å². The van der Waals surface area contributed by atoms with E-state index in [-0.39, 0.29) is 42.3 Å². The Morgan fingerprint density at radius 2 is 2.22 bits per heavy atom. The molecule has 0 saturated carbocycles. The quantitative estimate of drug-likeness (QED) is 0.317. The molecule has 6 nitrogen and oxygen atoms in total. The van der Waals surface area contributed by atoms with E-state index in [4.69, 9.17) is 5.73 Å². The number of nitrogens with two attached hydrogens (primary N) is 1. The van der Waals surface area contributed by atoms with Gasteiger partial charge in [-0.25, -0.2) is 9.98 Å². The molecule has 4 N–H and O–H groups in total. The molecule has 10 heteroatoms. The first-order valence-corrected chi connectivity index (χ1v) is 4.56. The van der Waals surface area contributed by atoms with Crippen LogP contribution in [-0.2, 0) is 12.7 Å². The van der Waals surface area contributed by atoms with Crippen LogP contribution in [0.3, 0.4) is 0 Å². The second-order valence-corrected chi connectivity index (χ2v) is 2.97. The van der Waals surface area contributed by atoms with Gasteiger partial charge in [0.2, 0.25) is 0 Å². The Bertz CT molecular complexity index is 413. The third-order valence-corrected chi connectivity index (χ3v) is 1.61. The minimum absolute atomic E-state index is 0. The maximum atomic E-state index is 12.1. The highest BCUT2D eigenvalue weighted by molar-refractivity contribution is 14.0. The first kappa shape index (κ1) is 16.7. The van der Waals surface area contributed by atoms with E-state index >= 15 is 0 Å². The number of aromatic nitrogens is 3. The van der Waals surface area contributed by atoms with Crippen LogP contribution in [-0.4, -0.2) is 27.7 Å². The maximum Gasteiger partial charge on any atom is 0.453 e. The molecule has 102 valence electrons. The minimum Gasteiger partial charge on any atom is -0.370 e. The van der Waals surface area contributed by atoms with Gasteiger partial charge in [0.1, 0.15) is 12.4 Å². The lowest BCUT2D eigenvalue weighted by molar-refractivity contribution is -0.144. The van der Waals surface area contributed by atoms with E-state index in [2.05, 4.69) is 32.1 Å². The van der Waals surface area contributed by atoms with Gasteiger partial charge in [0, 0.05) is 6.54 Å². The molecular weight excluding hydrogens is 364 g/mol. The molecule has 0 bridgehead atoms. The van der Waals surface area contributed by atoms with E-state index < -0.39 is 12.0 Å². The Balaban J connectivity index is 0.00000289. The minimum atomic E-state index is -4.56. The van der Waals surface area contributed by atoms with Gasteiger partial charge in [-0.05, 0) is 0 Å². The molecule has 0 amide bonds. The third-order valence-electron chi connectivity index (χ3n) is 1.61. The van der Waals surface area contributed by atoms with E-state index in [9.17, 15) is 13.2 Å². The standard InChI is InChI=1S/C8H11F3N6.HI/c1-2-3-13-7(12)14-4-5-15-6(17-16-5)8(9,10)11;/h2H,1,3-4H2,(H3,12,13,14)(H,15,16,17);1H. The maximum absolute atomic E-state index is 12.1. The fourth-order valence-electron chi connectivity index (χ4n) is 0.885. The summed E-state index contributed by atoms with van der Waals surface area (Å²) in [6, 6.07) is 0. The average Bonchev–Trinajstić information content (AvgIpc) is 2.71. The Labute approximate surface area is 118 Å². The van der Waals surface area contributed by atoms with Crippen LogP contribution in [0.1, 0.15) is 11.6 Å². The van der Waals surface area contributed by atoms with E-state index in [0.717, 1.165) is 0 Å². The molecular formula is C8H12F3IN6. The molecule has 1 heterocycles.